The van der Waals surface area contributed by atoms with Crippen LogP contribution in [0.5, 0.6) is 0 Å². The summed E-state index contributed by atoms with van der Waals surface area (Å²) in [6, 6.07) is -0.892. The van der Waals surface area contributed by atoms with E-state index in [9.17, 15) is 9.59 Å². The van der Waals surface area contributed by atoms with E-state index in [0.717, 1.165) is 0 Å². The van der Waals surface area contributed by atoms with Crippen LogP contribution >= 0.6 is 0 Å². The Labute approximate surface area is 64.2 Å². The number of hydrogen-bond acceptors (Lipinski definition) is 4. The summed E-state index contributed by atoms with van der Waals surface area (Å²) < 4.78 is 0. The molecule has 0 unspecified atom stereocenters. The molecule has 0 aliphatic rings. The fourth-order valence-electron chi connectivity index (χ4n) is 0.398. The van der Waals surface area contributed by atoms with Gasteiger partial charge < -0.3 is 10.6 Å². The van der Waals surface area contributed by atoms with Crippen LogP contribution in [0.4, 0.5) is 4.79 Å². The second-order valence-electron chi connectivity index (χ2n) is 2.18. The first-order valence-corrected chi connectivity index (χ1v) is 2.92. The second-order valence-corrected chi connectivity index (χ2v) is 2.18. The van der Waals surface area contributed by atoms with E-state index in [-0.39, 0.29) is 6.54 Å². The van der Waals surface area contributed by atoms with Gasteiger partial charge >= 0.3 is 12.0 Å². The Kier molecular flexibility index (Phi) is 3.97. The molecular weight excluding hydrogens is 150 g/mol. The van der Waals surface area contributed by atoms with Crippen molar-refractivity contribution in [3.63, 3.8) is 0 Å². The Morgan fingerprint density at radius 3 is 2.45 bits per heavy atom. The highest BCUT2D eigenvalue weighted by atomic mass is 16.7. The van der Waals surface area contributed by atoms with Gasteiger partial charge in [-0.2, -0.15) is 5.48 Å². The highest BCUT2D eigenvalue weighted by Crippen LogP contribution is 1.77. The molecule has 0 saturated heterocycles. The van der Waals surface area contributed by atoms with Crippen molar-refractivity contribution in [1.82, 2.24) is 10.4 Å². The predicted octanol–water partition coefficient (Wildman–Crippen LogP) is -1.33. The van der Waals surface area contributed by atoms with Crippen LogP contribution < -0.4 is 11.2 Å². The van der Waals surface area contributed by atoms with Gasteiger partial charge in [0.2, 0.25) is 0 Å². The lowest BCUT2D eigenvalue weighted by molar-refractivity contribution is -0.149. The maximum atomic E-state index is 10.6. The maximum absolute atomic E-state index is 10.6. The molecule has 11 heavy (non-hydrogen) atoms. The van der Waals surface area contributed by atoms with Gasteiger partial charge in [0.25, 0.3) is 0 Å². The molecule has 0 aliphatic heterocycles. The van der Waals surface area contributed by atoms with E-state index >= 15 is 0 Å². The minimum Gasteiger partial charge on any atom is -0.349 e. The van der Waals surface area contributed by atoms with Gasteiger partial charge in [-0.05, 0) is 14.1 Å². The third-order valence-corrected chi connectivity index (χ3v) is 0.711. The van der Waals surface area contributed by atoms with Gasteiger partial charge in [0.15, 0.2) is 0 Å². The Hall–Kier alpha value is -1.30. The van der Waals surface area contributed by atoms with E-state index in [1.54, 1.807) is 24.5 Å². The van der Waals surface area contributed by atoms with Crippen LogP contribution in [-0.4, -0.2) is 37.5 Å². The quantitative estimate of drug-likeness (QED) is 0.491. The van der Waals surface area contributed by atoms with Gasteiger partial charge in [-0.3, -0.25) is 4.90 Å². The number of primary amides is 1. The summed E-state index contributed by atoms with van der Waals surface area (Å²) in [5.41, 5.74) is 6.34. The van der Waals surface area contributed by atoms with Gasteiger partial charge in [-0.25, -0.2) is 9.59 Å². The molecule has 0 aromatic carbocycles. The summed E-state index contributed by atoms with van der Waals surface area (Å²) in [7, 11) is 3.40. The van der Waals surface area contributed by atoms with E-state index in [4.69, 9.17) is 0 Å². The zero-order valence-corrected chi connectivity index (χ0v) is 6.46. The van der Waals surface area contributed by atoms with Crippen LogP contribution in [0.15, 0.2) is 0 Å². The molecule has 0 saturated carbocycles. The van der Waals surface area contributed by atoms with Crippen LogP contribution in [0.3, 0.4) is 0 Å². The SMILES string of the molecule is CN(C)CC(=O)ONC(N)=O. The van der Waals surface area contributed by atoms with Crippen molar-refractivity contribution in [2.45, 2.75) is 0 Å². The number of likely N-dealkylation sites (N-methyl/N-ethyl adjacent to an activating group) is 1. The van der Waals surface area contributed by atoms with Gasteiger partial charge in [-0.1, -0.05) is 0 Å². The van der Waals surface area contributed by atoms with Crippen LogP contribution in [0.25, 0.3) is 0 Å². The number of carbonyl (C=O) groups is 2. The van der Waals surface area contributed by atoms with E-state index < -0.39 is 12.0 Å². The average Bonchev–Trinajstić information content (AvgIpc) is 1.82. The zero-order chi connectivity index (χ0) is 8.85. The second kappa shape index (κ2) is 4.51. The van der Waals surface area contributed by atoms with Gasteiger partial charge in [0.1, 0.15) is 0 Å². The Morgan fingerprint density at radius 1 is 1.55 bits per heavy atom. The minimum absolute atomic E-state index is 0.0975. The molecule has 2 amide bonds. The number of nitrogens with two attached hydrogens (primary N) is 1. The number of rotatable bonds is 2. The predicted molar refractivity (Wildman–Crippen MR) is 37.4 cm³/mol. The number of urea groups is 1. The normalized spacial score (nSPS) is 9.36. The molecule has 0 rings (SSSR count). The zero-order valence-electron chi connectivity index (χ0n) is 6.46. The maximum Gasteiger partial charge on any atom is 0.346 e. The number of nitrogens with one attached hydrogen (secondary N) is 1. The van der Waals surface area contributed by atoms with Crippen molar-refractivity contribution in [1.29, 1.82) is 0 Å². The average molecular weight is 161 g/mol. The summed E-state index contributed by atoms with van der Waals surface area (Å²) in [5, 5.41) is 0. The number of hydrogen-bond donors (Lipinski definition) is 2. The summed E-state index contributed by atoms with van der Waals surface area (Å²) in [6.45, 7) is 0.0975. The van der Waals surface area contributed by atoms with Crippen LogP contribution in [0, 0.1) is 0 Å². The Balaban J connectivity index is 3.45. The fraction of sp³-hybridized carbons (Fsp3) is 0.600. The van der Waals surface area contributed by atoms with E-state index in [1.807, 2.05) is 0 Å². The Bertz CT molecular complexity index is 157. The lowest BCUT2D eigenvalue weighted by Crippen LogP contribution is -2.35. The number of carbonyl (C=O) groups excluding carboxylic acids is 2. The monoisotopic (exact) mass is 161 g/mol. The van der Waals surface area contributed by atoms with Crippen molar-refractivity contribution in [2.24, 2.45) is 5.73 Å². The Morgan fingerprint density at radius 2 is 2.09 bits per heavy atom. The molecule has 0 atom stereocenters. The summed E-state index contributed by atoms with van der Waals surface area (Å²) >= 11 is 0. The van der Waals surface area contributed by atoms with E-state index in [0.29, 0.717) is 0 Å². The van der Waals surface area contributed by atoms with Crippen molar-refractivity contribution in [2.75, 3.05) is 20.6 Å². The molecule has 6 heteroatoms. The first kappa shape index (κ1) is 9.70. The third-order valence-electron chi connectivity index (χ3n) is 0.711. The first-order valence-electron chi connectivity index (χ1n) is 2.92. The fourth-order valence-corrected chi connectivity index (χ4v) is 0.398. The van der Waals surface area contributed by atoms with Gasteiger partial charge in [0, 0.05) is 0 Å². The van der Waals surface area contributed by atoms with Crippen LogP contribution in [-0.2, 0) is 9.63 Å². The molecule has 6 nitrogen and oxygen atoms in total. The minimum atomic E-state index is -0.892. The lowest BCUT2D eigenvalue weighted by atomic mass is 10.6. The largest absolute Gasteiger partial charge is 0.349 e. The number of amides is 2. The summed E-state index contributed by atoms with van der Waals surface area (Å²) in [6.07, 6.45) is 0. The van der Waals surface area contributed by atoms with Crippen molar-refractivity contribution < 1.29 is 14.4 Å². The van der Waals surface area contributed by atoms with Gasteiger partial charge in [0.05, 0.1) is 6.54 Å². The number of nitrogens with zero attached hydrogens (tertiary/aromatic N) is 1. The molecule has 0 fully saturated rings. The molecule has 0 aromatic heterocycles. The first-order chi connectivity index (χ1) is 5.02. The van der Waals surface area contributed by atoms with Crippen molar-refractivity contribution >= 4 is 12.0 Å². The van der Waals surface area contributed by atoms with E-state index in [1.165, 1.54) is 0 Å². The van der Waals surface area contributed by atoms with Gasteiger partial charge in [-0.15, -0.1) is 0 Å². The van der Waals surface area contributed by atoms with Crippen molar-refractivity contribution in [3.05, 3.63) is 0 Å². The molecule has 0 bridgehead atoms. The highest BCUT2D eigenvalue weighted by molar-refractivity contribution is 5.76. The molecule has 0 spiro atoms. The van der Waals surface area contributed by atoms with E-state index in [2.05, 4.69) is 10.6 Å². The third kappa shape index (κ3) is 6.59. The van der Waals surface area contributed by atoms with Crippen LogP contribution in [0.1, 0.15) is 0 Å². The standard InChI is InChI=1S/C5H11N3O3/c1-8(2)3-4(9)11-7-5(6)10/h3H2,1-2H3,(H3,6,7,10). The molecular formula is C5H11N3O3. The molecule has 0 aliphatic carbocycles. The number of hydroxylamine groups is 1. The lowest BCUT2D eigenvalue weighted by Gasteiger charge is -2.07. The van der Waals surface area contributed by atoms with Crippen molar-refractivity contribution in [3.8, 4) is 0 Å². The molecule has 0 radical (unpaired) electrons. The molecule has 64 valence electrons. The summed E-state index contributed by atoms with van der Waals surface area (Å²) in [4.78, 5) is 26.4. The highest BCUT2D eigenvalue weighted by Gasteiger charge is 2.04. The smallest absolute Gasteiger partial charge is 0.346 e. The molecule has 0 heterocycles. The van der Waals surface area contributed by atoms with Crippen LogP contribution in [0.2, 0.25) is 0 Å². The topological polar surface area (TPSA) is 84.7 Å². The molecule has 3 N–H and O–H groups in total. The molecule has 0 aromatic rings. The summed E-state index contributed by atoms with van der Waals surface area (Å²) in [5.74, 6) is -0.561.